The molecule has 0 aliphatic rings. The number of hydrogen-bond acceptors (Lipinski definition) is 4. The molecule has 0 atom stereocenters. The van der Waals surface area contributed by atoms with Crippen LogP contribution in [-0.4, -0.2) is 22.6 Å². The predicted octanol–water partition coefficient (Wildman–Crippen LogP) is 3.15. The number of aliphatic hydroxyl groups is 1. The van der Waals surface area contributed by atoms with E-state index in [1.54, 1.807) is 0 Å². The van der Waals surface area contributed by atoms with Gasteiger partial charge in [0, 0.05) is 11.4 Å². The molecule has 2 rings (SSSR count). The standard InChI is InChI=1S/C14H16ClNO3/c1-10-13(9-17)19-14(16-10)11-3-5-12(6-4-11)18-8-2-7-15/h3-6,17H,2,7-9H2,1H3. The van der Waals surface area contributed by atoms with Crippen LogP contribution in [0, 0.1) is 6.92 Å². The van der Waals surface area contributed by atoms with Crippen molar-refractivity contribution in [1.29, 1.82) is 0 Å². The maximum Gasteiger partial charge on any atom is 0.226 e. The number of aromatic nitrogens is 1. The Morgan fingerprint density at radius 2 is 2.05 bits per heavy atom. The van der Waals surface area contributed by atoms with Gasteiger partial charge in [-0.2, -0.15) is 0 Å². The maximum atomic E-state index is 9.08. The molecule has 0 spiro atoms. The molecular weight excluding hydrogens is 266 g/mol. The van der Waals surface area contributed by atoms with Gasteiger partial charge in [-0.05, 0) is 37.6 Å². The van der Waals surface area contributed by atoms with Crippen molar-refractivity contribution >= 4 is 11.6 Å². The Hall–Kier alpha value is -1.52. The lowest BCUT2D eigenvalue weighted by atomic mass is 10.2. The van der Waals surface area contributed by atoms with Gasteiger partial charge in [0.1, 0.15) is 12.4 Å². The number of aryl methyl sites for hydroxylation is 1. The Bertz CT molecular complexity index is 522. The Morgan fingerprint density at radius 3 is 2.63 bits per heavy atom. The molecule has 4 nitrogen and oxygen atoms in total. The second-order valence-corrected chi connectivity index (χ2v) is 4.48. The molecule has 0 bridgehead atoms. The van der Waals surface area contributed by atoms with Crippen LogP contribution in [0.25, 0.3) is 11.5 Å². The molecule has 102 valence electrons. The van der Waals surface area contributed by atoms with Crippen LogP contribution in [0.4, 0.5) is 0 Å². The van der Waals surface area contributed by atoms with Gasteiger partial charge in [-0.15, -0.1) is 11.6 Å². The van der Waals surface area contributed by atoms with E-state index in [1.165, 1.54) is 0 Å². The molecular formula is C14H16ClNO3. The van der Waals surface area contributed by atoms with Crippen molar-refractivity contribution in [2.75, 3.05) is 12.5 Å². The second-order valence-electron chi connectivity index (χ2n) is 4.10. The summed E-state index contributed by atoms with van der Waals surface area (Å²) in [5, 5.41) is 9.08. The lowest BCUT2D eigenvalue weighted by Crippen LogP contribution is -1.97. The highest BCUT2D eigenvalue weighted by atomic mass is 35.5. The summed E-state index contributed by atoms with van der Waals surface area (Å²) in [7, 11) is 0. The smallest absolute Gasteiger partial charge is 0.226 e. The molecule has 19 heavy (non-hydrogen) atoms. The SMILES string of the molecule is Cc1nc(-c2ccc(OCCCCl)cc2)oc1CO. The monoisotopic (exact) mass is 281 g/mol. The number of hydrogen-bond donors (Lipinski definition) is 1. The molecule has 1 heterocycles. The zero-order chi connectivity index (χ0) is 13.7. The number of ether oxygens (including phenoxy) is 1. The average Bonchev–Trinajstić information content (AvgIpc) is 2.81. The molecule has 0 saturated carbocycles. The van der Waals surface area contributed by atoms with Crippen LogP contribution in [0.2, 0.25) is 0 Å². The summed E-state index contributed by atoms with van der Waals surface area (Å²) in [5.41, 5.74) is 1.56. The van der Waals surface area contributed by atoms with Crippen molar-refractivity contribution in [3.05, 3.63) is 35.7 Å². The molecule has 0 aliphatic heterocycles. The third-order valence-electron chi connectivity index (χ3n) is 2.68. The van der Waals surface area contributed by atoms with Crippen LogP contribution in [0.15, 0.2) is 28.7 Å². The third-order valence-corrected chi connectivity index (χ3v) is 2.95. The Labute approximate surface area is 117 Å². The molecule has 0 aliphatic carbocycles. The highest BCUT2D eigenvalue weighted by Gasteiger charge is 2.10. The van der Waals surface area contributed by atoms with Crippen LogP contribution < -0.4 is 4.74 Å². The number of oxazole rings is 1. The number of halogens is 1. The summed E-state index contributed by atoms with van der Waals surface area (Å²) in [5.74, 6) is 2.39. The number of benzene rings is 1. The maximum absolute atomic E-state index is 9.08. The zero-order valence-electron chi connectivity index (χ0n) is 10.7. The fraction of sp³-hybridized carbons (Fsp3) is 0.357. The van der Waals surface area contributed by atoms with Gasteiger partial charge in [-0.25, -0.2) is 4.98 Å². The summed E-state index contributed by atoms with van der Waals surface area (Å²) in [4.78, 5) is 4.27. The van der Waals surface area contributed by atoms with Gasteiger partial charge in [-0.3, -0.25) is 0 Å². The van der Waals surface area contributed by atoms with Gasteiger partial charge in [0.25, 0.3) is 0 Å². The van der Waals surface area contributed by atoms with Crippen LogP contribution >= 0.6 is 11.6 Å². The first kappa shape index (κ1) is 13.9. The summed E-state index contributed by atoms with van der Waals surface area (Å²) in [6, 6.07) is 7.48. The van der Waals surface area contributed by atoms with E-state index in [2.05, 4.69) is 4.98 Å². The quantitative estimate of drug-likeness (QED) is 0.653. The van der Waals surface area contributed by atoms with Crippen molar-refractivity contribution in [1.82, 2.24) is 4.98 Å². The van der Waals surface area contributed by atoms with Crippen LogP contribution in [0.1, 0.15) is 17.9 Å². The molecule has 0 amide bonds. The van der Waals surface area contributed by atoms with Gasteiger partial charge in [0.2, 0.25) is 5.89 Å². The Morgan fingerprint density at radius 1 is 1.32 bits per heavy atom. The minimum atomic E-state index is -0.140. The molecule has 1 aromatic carbocycles. The van der Waals surface area contributed by atoms with Gasteiger partial charge in [0.15, 0.2) is 5.76 Å². The van der Waals surface area contributed by atoms with E-state index in [0.717, 1.165) is 17.7 Å². The lowest BCUT2D eigenvalue weighted by Gasteiger charge is -2.04. The van der Waals surface area contributed by atoms with E-state index in [-0.39, 0.29) is 6.61 Å². The first-order chi connectivity index (χ1) is 9.24. The number of rotatable bonds is 6. The van der Waals surface area contributed by atoms with Gasteiger partial charge in [-0.1, -0.05) is 0 Å². The van der Waals surface area contributed by atoms with Crippen LogP contribution in [0.3, 0.4) is 0 Å². The normalized spacial score (nSPS) is 10.7. The number of aliphatic hydroxyl groups excluding tert-OH is 1. The van der Waals surface area contributed by atoms with E-state index >= 15 is 0 Å². The molecule has 5 heteroatoms. The van der Waals surface area contributed by atoms with Crippen molar-refractivity contribution in [3.63, 3.8) is 0 Å². The second kappa shape index (κ2) is 6.59. The van der Waals surface area contributed by atoms with E-state index in [9.17, 15) is 0 Å². The van der Waals surface area contributed by atoms with Crippen molar-refractivity contribution in [2.45, 2.75) is 20.0 Å². The number of alkyl halides is 1. The Kier molecular flexibility index (Phi) is 4.82. The molecule has 0 fully saturated rings. The minimum Gasteiger partial charge on any atom is -0.494 e. The molecule has 0 saturated heterocycles. The molecule has 1 aromatic heterocycles. The van der Waals surface area contributed by atoms with Gasteiger partial charge >= 0.3 is 0 Å². The molecule has 1 N–H and O–H groups in total. The van der Waals surface area contributed by atoms with Crippen molar-refractivity contribution in [3.8, 4) is 17.2 Å². The molecule has 0 unspecified atom stereocenters. The van der Waals surface area contributed by atoms with E-state index in [0.29, 0.717) is 29.8 Å². The van der Waals surface area contributed by atoms with E-state index < -0.39 is 0 Å². The van der Waals surface area contributed by atoms with Crippen molar-refractivity contribution < 1.29 is 14.3 Å². The van der Waals surface area contributed by atoms with Crippen molar-refractivity contribution in [2.24, 2.45) is 0 Å². The molecule has 0 radical (unpaired) electrons. The van der Waals surface area contributed by atoms with Gasteiger partial charge < -0.3 is 14.3 Å². The van der Waals surface area contributed by atoms with Crippen LogP contribution in [-0.2, 0) is 6.61 Å². The highest BCUT2D eigenvalue weighted by molar-refractivity contribution is 6.17. The predicted molar refractivity (Wildman–Crippen MR) is 73.4 cm³/mol. The summed E-state index contributed by atoms with van der Waals surface area (Å²) in [6.07, 6.45) is 0.822. The summed E-state index contributed by atoms with van der Waals surface area (Å²) in [6.45, 7) is 2.27. The van der Waals surface area contributed by atoms with Crippen LogP contribution in [0.5, 0.6) is 5.75 Å². The largest absolute Gasteiger partial charge is 0.494 e. The first-order valence-corrected chi connectivity index (χ1v) is 6.64. The highest BCUT2D eigenvalue weighted by Crippen LogP contribution is 2.24. The Balaban J connectivity index is 2.08. The lowest BCUT2D eigenvalue weighted by molar-refractivity contribution is 0.247. The van der Waals surface area contributed by atoms with E-state index in [4.69, 9.17) is 25.9 Å². The topological polar surface area (TPSA) is 55.5 Å². The minimum absolute atomic E-state index is 0.140. The fourth-order valence-electron chi connectivity index (χ4n) is 1.64. The first-order valence-electron chi connectivity index (χ1n) is 6.11. The third kappa shape index (κ3) is 3.49. The average molecular weight is 282 g/mol. The summed E-state index contributed by atoms with van der Waals surface area (Å²) >= 11 is 5.58. The molecule has 2 aromatic rings. The van der Waals surface area contributed by atoms with Gasteiger partial charge in [0.05, 0.1) is 12.3 Å². The zero-order valence-corrected chi connectivity index (χ0v) is 11.5. The fourth-order valence-corrected chi connectivity index (χ4v) is 1.75. The number of nitrogens with zero attached hydrogens (tertiary/aromatic N) is 1. The van der Waals surface area contributed by atoms with E-state index in [1.807, 2.05) is 31.2 Å². The summed E-state index contributed by atoms with van der Waals surface area (Å²) < 4.78 is 11.0.